The van der Waals surface area contributed by atoms with Crippen LogP contribution in [0.15, 0.2) is 94.7 Å². The number of carbonyl (C=O) groups is 1. The number of aryl methyl sites for hydroxylation is 1. The number of hydrogen-bond donors (Lipinski definition) is 1. The van der Waals surface area contributed by atoms with Gasteiger partial charge in [-0.3, -0.25) is 9.10 Å². The first-order chi connectivity index (χ1) is 15.0. The van der Waals surface area contributed by atoms with Crippen LogP contribution in [-0.4, -0.2) is 33.2 Å². The fourth-order valence-electron chi connectivity index (χ4n) is 2.94. The van der Waals surface area contributed by atoms with Gasteiger partial charge in [0.2, 0.25) is 5.91 Å². The largest absolute Gasteiger partial charge is 0.354 e. The van der Waals surface area contributed by atoms with Crippen molar-refractivity contribution in [3.8, 4) is 0 Å². The van der Waals surface area contributed by atoms with E-state index >= 15 is 0 Å². The van der Waals surface area contributed by atoms with Crippen LogP contribution in [0, 0.1) is 6.92 Å². The van der Waals surface area contributed by atoms with Gasteiger partial charge in [0, 0.05) is 11.4 Å². The van der Waals surface area contributed by atoms with E-state index in [4.69, 9.17) is 0 Å². The van der Waals surface area contributed by atoms with Gasteiger partial charge >= 0.3 is 0 Å². The van der Waals surface area contributed by atoms with E-state index in [9.17, 15) is 13.2 Å². The quantitative estimate of drug-likeness (QED) is 0.362. The summed E-state index contributed by atoms with van der Waals surface area (Å²) in [6.45, 7) is 2.15. The monoisotopic (exact) mass is 454 g/mol. The molecule has 5 nitrogen and oxygen atoms in total. The summed E-state index contributed by atoms with van der Waals surface area (Å²) in [4.78, 5) is 13.9. The summed E-state index contributed by atoms with van der Waals surface area (Å²) in [7, 11) is -3.86. The Bertz CT molecular complexity index is 1070. The predicted octanol–water partition coefficient (Wildman–Crippen LogP) is 4.49. The Morgan fingerprint density at radius 2 is 1.52 bits per heavy atom. The first-order valence-corrected chi connectivity index (χ1v) is 12.5. The summed E-state index contributed by atoms with van der Waals surface area (Å²) in [5, 5.41) is 2.85. The van der Waals surface area contributed by atoms with Crippen molar-refractivity contribution in [2.24, 2.45) is 0 Å². The molecule has 7 heteroatoms. The predicted molar refractivity (Wildman–Crippen MR) is 127 cm³/mol. The molecule has 0 aliphatic rings. The maximum atomic E-state index is 13.2. The molecule has 1 amide bonds. The van der Waals surface area contributed by atoms with E-state index in [2.05, 4.69) is 17.4 Å². The van der Waals surface area contributed by atoms with Crippen molar-refractivity contribution in [3.63, 3.8) is 0 Å². The highest BCUT2D eigenvalue weighted by atomic mass is 32.2. The van der Waals surface area contributed by atoms with Gasteiger partial charge in [0.25, 0.3) is 10.0 Å². The van der Waals surface area contributed by atoms with Crippen LogP contribution in [-0.2, 0) is 14.8 Å². The van der Waals surface area contributed by atoms with Crippen LogP contribution in [0.25, 0.3) is 0 Å². The Morgan fingerprint density at radius 3 is 2.16 bits per heavy atom. The summed E-state index contributed by atoms with van der Waals surface area (Å²) >= 11 is 1.73. The van der Waals surface area contributed by atoms with Gasteiger partial charge in [-0.2, -0.15) is 0 Å². The van der Waals surface area contributed by atoms with Crippen LogP contribution >= 0.6 is 11.8 Å². The van der Waals surface area contributed by atoms with Gasteiger partial charge in [-0.1, -0.05) is 54.1 Å². The molecule has 31 heavy (non-hydrogen) atoms. The highest BCUT2D eigenvalue weighted by molar-refractivity contribution is 7.99. The van der Waals surface area contributed by atoms with Gasteiger partial charge in [-0.25, -0.2) is 8.42 Å². The average Bonchev–Trinajstić information content (AvgIpc) is 2.79. The fraction of sp³-hybridized carbons (Fsp3) is 0.208. The van der Waals surface area contributed by atoms with Crippen molar-refractivity contribution >= 4 is 33.4 Å². The normalized spacial score (nSPS) is 11.1. The van der Waals surface area contributed by atoms with Gasteiger partial charge in [0.15, 0.2) is 0 Å². The third-order valence-corrected chi connectivity index (χ3v) is 7.48. The Hall–Kier alpha value is -2.77. The highest BCUT2D eigenvalue weighted by Crippen LogP contribution is 2.24. The van der Waals surface area contributed by atoms with Gasteiger partial charge in [-0.05, 0) is 55.5 Å². The molecule has 0 aromatic heterocycles. The van der Waals surface area contributed by atoms with Crippen molar-refractivity contribution in [2.75, 3.05) is 23.1 Å². The molecule has 1 N–H and O–H groups in total. The molecular weight excluding hydrogens is 428 g/mol. The Balaban J connectivity index is 1.63. The van der Waals surface area contributed by atoms with Crippen molar-refractivity contribution in [1.29, 1.82) is 0 Å². The molecule has 3 rings (SSSR count). The van der Waals surface area contributed by atoms with Crippen LogP contribution in [0.2, 0.25) is 0 Å². The van der Waals surface area contributed by atoms with Crippen LogP contribution in [0.3, 0.4) is 0 Å². The number of anilines is 1. The van der Waals surface area contributed by atoms with Crippen molar-refractivity contribution in [1.82, 2.24) is 5.32 Å². The van der Waals surface area contributed by atoms with Crippen LogP contribution in [0.5, 0.6) is 0 Å². The molecule has 0 saturated heterocycles. The smallest absolute Gasteiger partial charge is 0.264 e. The standard InChI is InChI=1S/C24H26N2O3S2/c1-20-13-15-21(16-14-20)26(31(28,29)23-11-6-3-7-12-23)19-24(27)25-17-8-18-30-22-9-4-2-5-10-22/h2-7,9-16H,8,17-19H2,1H3,(H,25,27). The van der Waals surface area contributed by atoms with Crippen molar-refractivity contribution in [3.05, 3.63) is 90.5 Å². The average molecular weight is 455 g/mol. The first-order valence-electron chi connectivity index (χ1n) is 10.1. The number of benzene rings is 3. The maximum Gasteiger partial charge on any atom is 0.264 e. The topological polar surface area (TPSA) is 66.5 Å². The minimum atomic E-state index is -3.86. The Morgan fingerprint density at radius 1 is 0.903 bits per heavy atom. The number of sulfonamides is 1. The second-order valence-electron chi connectivity index (χ2n) is 7.03. The molecule has 0 aliphatic carbocycles. The van der Waals surface area contributed by atoms with Gasteiger partial charge < -0.3 is 5.32 Å². The number of amides is 1. The number of thioether (sulfide) groups is 1. The van der Waals surface area contributed by atoms with Crippen LogP contribution < -0.4 is 9.62 Å². The lowest BCUT2D eigenvalue weighted by Crippen LogP contribution is -2.41. The van der Waals surface area contributed by atoms with E-state index in [1.165, 1.54) is 17.0 Å². The Labute approximate surface area is 188 Å². The molecule has 0 heterocycles. The maximum absolute atomic E-state index is 13.2. The molecule has 0 radical (unpaired) electrons. The zero-order valence-electron chi connectivity index (χ0n) is 17.4. The van der Waals surface area contributed by atoms with Crippen LogP contribution in [0.4, 0.5) is 5.69 Å². The van der Waals surface area contributed by atoms with Crippen LogP contribution in [0.1, 0.15) is 12.0 Å². The molecule has 162 valence electrons. The van der Waals surface area contributed by atoms with E-state index in [0.29, 0.717) is 12.2 Å². The lowest BCUT2D eigenvalue weighted by atomic mass is 10.2. The van der Waals surface area contributed by atoms with E-state index in [-0.39, 0.29) is 17.3 Å². The van der Waals surface area contributed by atoms with Gasteiger partial charge in [0.05, 0.1) is 10.6 Å². The molecule has 0 unspecified atom stereocenters. The molecule has 0 bridgehead atoms. The van der Waals surface area contributed by atoms with Crippen molar-refractivity contribution < 1.29 is 13.2 Å². The summed E-state index contributed by atoms with van der Waals surface area (Å²) in [6, 6.07) is 25.4. The van der Waals surface area contributed by atoms with Crippen molar-refractivity contribution in [2.45, 2.75) is 23.1 Å². The lowest BCUT2D eigenvalue weighted by Gasteiger charge is -2.24. The number of hydrogen-bond acceptors (Lipinski definition) is 4. The SMILES string of the molecule is Cc1ccc(N(CC(=O)NCCCSc2ccccc2)S(=O)(=O)c2ccccc2)cc1. The number of nitrogens with zero attached hydrogens (tertiary/aromatic N) is 1. The Kier molecular flexibility index (Phi) is 8.14. The first kappa shape index (κ1) is 22.9. The number of nitrogens with one attached hydrogen (secondary N) is 1. The number of carbonyl (C=O) groups excluding carboxylic acids is 1. The zero-order valence-corrected chi connectivity index (χ0v) is 19.0. The molecule has 0 saturated carbocycles. The molecule has 0 aliphatic heterocycles. The lowest BCUT2D eigenvalue weighted by molar-refractivity contribution is -0.119. The van der Waals surface area contributed by atoms with Gasteiger partial charge in [0.1, 0.15) is 6.54 Å². The fourth-order valence-corrected chi connectivity index (χ4v) is 5.25. The third kappa shape index (κ3) is 6.60. The molecule has 3 aromatic rings. The van der Waals surface area contributed by atoms with E-state index in [1.54, 1.807) is 42.1 Å². The minimum absolute atomic E-state index is 0.155. The summed E-state index contributed by atoms with van der Waals surface area (Å²) < 4.78 is 27.6. The molecule has 3 aromatic carbocycles. The zero-order chi connectivity index (χ0) is 22.1. The van der Waals surface area contributed by atoms with Gasteiger partial charge in [-0.15, -0.1) is 11.8 Å². The molecule has 0 atom stereocenters. The third-order valence-electron chi connectivity index (χ3n) is 4.60. The molecule has 0 spiro atoms. The minimum Gasteiger partial charge on any atom is -0.354 e. The highest BCUT2D eigenvalue weighted by Gasteiger charge is 2.26. The molecule has 0 fully saturated rings. The van der Waals surface area contributed by atoms with E-state index < -0.39 is 10.0 Å². The summed E-state index contributed by atoms with van der Waals surface area (Å²) in [5.41, 5.74) is 1.48. The van der Waals surface area contributed by atoms with E-state index in [1.807, 2.05) is 37.3 Å². The summed E-state index contributed by atoms with van der Waals surface area (Å²) in [5.74, 6) is 0.540. The second-order valence-corrected chi connectivity index (χ2v) is 10.1. The molecular formula is C24H26N2O3S2. The van der Waals surface area contributed by atoms with E-state index in [0.717, 1.165) is 22.0 Å². The summed E-state index contributed by atoms with van der Waals surface area (Å²) in [6.07, 6.45) is 0.793. The second kappa shape index (κ2) is 11.0. The number of rotatable bonds is 10.